The van der Waals surface area contributed by atoms with Crippen LogP contribution in [0.1, 0.15) is 5.56 Å². The maximum Gasteiger partial charge on any atom is 0.231 e. The maximum atomic E-state index is 9.06. The van der Waals surface area contributed by atoms with Crippen molar-refractivity contribution in [3.63, 3.8) is 0 Å². The second-order valence-electron chi connectivity index (χ2n) is 6.63. The van der Waals surface area contributed by atoms with E-state index in [0.29, 0.717) is 13.1 Å². The van der Waals surface area contributed by atoms with Gasteiger partial charge in [0.15, 0.2) is 11.5 Å². The van der Waals surface area contributed by atoms with Crippen LogP contribution in [0.5, 0.6) is 11.5 Å². The number of aldehydes is 1. The fourth-order valence-electron chi connectivity index (χ4n) is 3.11. The molecule has 2 heterocycles. The minimum absolute atomic E-state index is 0.337. The fraction of sp³-hybridized carbons (Fsp3) is 0.348. The third-order valence-electron chi connectivity index (χ3n) is 4.65. The third kappa shape index (κ3) is 7.91. The average Bonchev–Trinajstić information content (AvgIpc) is 3.30. The first-order valence-corrected chi connectivity index (χ1v) is 10.8. The summed E-state index contributed by atoms with van der Waals surface area (Å²) in [6, 6.07) is 14.9. The van der Waals surface area contributed by atoms with Crippen LogP contribution in [0.25, 0.3) is 0 Å². The van der Waals surface area contributed by atoms with Gasteiger partial charge >= 0.3 is 0 Å². The highest BCUT2D eigenvalue weighted by Gasteiger charge is 2.19. The number of anilines is 1. The molecule has 0 aromatic heterocycles. The summed E-state index contributed by atoms with van der Waals surface area (Å²) in [6.45, 7) is 8.72. The maximum absolute atomic E-state index is 9.06. The van der Waals surface area contributed by atoms with E-state index in [2.05, 4.69) is 57.5 Å². The lowest BCUT2D eigenvalue weighted by molar-refractivity contribution is -0.104. The summed E-state index contributed by atoms with van der Waals surface area (Å²) in [7, 11) is 2.95. The zero-order valence-corrected chi connectivity index (χ0v) is 18.9. The highest BCUT2D eigenvalue weighted by atomic mass is 32.2. The van der Waals surface area contributed by atoms with Gasteiger partial charge in [-0.2, -0.15) is 0 Å². The Kier molecular flexibility index (Phi) is 10.9. The predicted molar refractivity (Wildman–Crippen MR) is 126 cm³/mol. The van der Waals surface area contributed by atoms with Crippen molar-refractivity contribution < 1.29 is 19.4 Å². The monoisotopic (exact) mass is 445 g/mol. The number of carbonyl (C=O) groups is 1. The molecule has 0 saturated carbocycles. The third-order valence-corrected chi connectivity index (χ3v) is 5.75. The van der Waals surface area contributed by atoms with Crippen molar-refractivity contribution in [2.75, 3.05) is 52.4 Å². The summed E-state index contributed by atoms with van der Waals surface area (Å²) in [4.78, 5) is 12.8. The SMILES string of the molecule is C=CC=O.CNc1ccc(SN2CCN(Cc3ccc4c(c3)OCO4)CC2)cc1.CO. The number of nitrogens with one attached hydrogen (secondary N) is 1. The molecule has 168 valence electrons. The summed E-state index contributed by atoms with van der Waals surface area (Å²) >= 11 is 1.85. The Hall–Kier alpha value is -2.52. The Morgan fingerprint density at radius 2 is 1.71 bits per heavy atom. The molecule has 0 radical (unpaired) electrons. The summed E-state index contributed by atoms with van der Waals surface area (Å²) in [5.41, 5.74) is 2.44. The molecule has 31 heavy (non-hydrogen) atoms. The van der Waals surface area contributed by atoms with E-state index in [0.717, 1.165) is 57.0 Å². The van der Waals surface area contributed by atoms with E-state index in [9.17, 15) is 0 Å². The zero-order chi connectivity index (χ0) is 22.5. The molecule has 0 spiro atoms. The topological polar surface area (TPSA) is 74.3 Å². The second-order valence-corrected chi connectivity index (χ2v) is 7.80. The Morgan fingerprint density at radius 1 is 1.06 bits per heavy atom. The molecular weight excluding hydrogens is 414 g/mol. The Labute approximate surface area is 188 Å². The van der Waals surface area contributed by atoms with Crippen LogP contribution in [0, 0.1) is 0 Å². The van der Waals surface area contributed by atoms with Gasteiger partial charge in [0.2, 0.25) is 6.79 Å². The number of ether oxygens (including phenoxy) is 2. The fourth-order valence-corrected chi connectivity index (χ4v) is 4.01. The van der Waals surface area contributed by atoms with E-state index in [-0.39, 0.29) is 0 Å². The molecule has 0 amide bonds. The normalized spacial score (nSPS) is 15.1. The van der Waals surface area contributed by atoms with Crippen molar-refractivity contribution in [1.29, 1.82) is 0 Å². The molecule has 0 aliphatic carbocycles. The summed E-state index contributed by atoms with van der Waals surface area (Å²) in [6.07, 6.45) is 1.83. The van der Waals surface area contributed by atoms with Crippen LogP contribution in [-0.4, -0.2) is 67.7 Å². The number of benzene rings is 2. The second kappa shape index (κ2) is 13.7. The number of allylic oxidation sites excluding steroid dienone is 1. The molecule has 2 aliphatic rings. The van der Waals surface area contributed by atoms with Gasteiger partial charge in [-0.1, -0.05) is 12.6 Å². The predicted octanol–water partition coefficient (Wildman–Crippen LogP) is 3.26. The Balaban J connectivity index is 0.000000513. The van der Waals surface area contributed by atoms with Crippen LogP contribution in [-0.2, 0) is 11.3 Å². The van der Waals surface area contributed by atoms with E-state index in [1.54, 1.807) is 0 Å². The van der Waals surface area contributed by atoms with Crippen molar-refractivity contribution in [2.24, 2.45) is 0 Å². The van der Waals surface area contributed by atoms with Crippen molar-refractivity contribution in [3.05, 3.63) is 60.7 Å². The molecule has 1 saturated heterocycles. The molecule has 1 fully saturated rings. The lowest BCUT2D eigenvalue weighted by Gasteiger charge is -2.33. The molecular formula is C23H31N3O4S. The van der Waals surface area contributed by atoms with Crippen LogP contribution in [0.2, 0.25) is 0 Å². The van der Waals surface area contributed by atoms with Gasteiger partial charge in [0.1, 0.15) is 6.29 Å². The molecule has 7 nitrogen and oxygen atoms in total. The smallest absolute Gasteiger partial charge is 0.231 e. The van der Waals surface area contributed by atoms with Crippen molar-refractivity contribution in [2.45, 2.75) is 11.4 Å². The van der Waals surface area contributed by atoms with Crippen molar-refractivity contribution in [1.82, 2.24) is 9.21 Å². The van der Waals surface area contributed by atoms with Gasteiger partial charge in [0, 0.05) is 57.5 Å². The molecule has 2 aromatic rings. The number of rotatable bonds is 6. The molecule has 2 N–H and O–H groups in total. The molecule has 0 unspecified atom stereocenters. The molecule has 0 bridgehead atoms. The van der Waals surface area contributed by atoms with E-state index in [4.69, 9.17) is 19.4 Å². The quantitative estimate of drug-likeness (QED) is 0.399. The van der Waals surface area contributed by atoms with Crippen LogP contribution >= 0.6 is 11.9 Å². The van der Waals surface area contributed by atoms with Gasteiger partial charge in [-0.3, -0.25) is 9.69 Å². The lowest BCUT2D eigenvalue weighted by Crippen LogP contribution is -2.42. The van der Waals surface area contributed by atoms with Gasteiger partial charge < -0.3 is 19.9 Å². The first-order valence-electron chi connectivity index (χ1n) is 10.0. The number of aliphatic hydroxyl groups is 1. The number of hydrogen-bond acceptors (Lipinski definition) is 8. The van der Waals surface area contributed by atoms with Gasteiger partial charge in [-0.15, -0.1) is 0 Å². The lowest BCUT2D eigenvalue weighted by atomic mass is 10.2. The number of piperazine rings is 1. The van der Waals surface area contributed by atoms with Crippen molar-refractivity contribution >= 4 is 23.9 Å². The van der Waals surface area contributed by atoms with E-state index in [1.165, 1.54) is 16.5 Å². The highest BCUT2D eigenvalue weighted by molar-refractivity contribution is 7.97. The van der Waals surface area contributed by atoms with Crippen LogP contribution in [0.3, 0.4) is 0 Å². The summed E-state index contributed by atoms with van der Waals surface area (Å²) in [5, 5.41) is 10.2. The minimum Gasteiger partial charge on any atom is -0.454 e. The standard InChI is InChI=1S/C19H23N3O2S.C3H4O.CH4O/c1-20-16-3-5-17(6-4-16)25-22-10-8-21(9-11-22)13-15-2-7-18-19(12-15)24-14-23-18;1-2-3-4;1-2/h2-7,12,20H,8-11,13-14H2,1H3;2-3H,1H2;2H,1H3. The van der Waals surface area contributed by atoms with E-state index in [1.807, 2.05) is 25.1 Å². The first kappa shape index (κ1) is 24.7. The number of carbonyl (C=O) groups excluding carboxylic acids is 1. The van der Waals surface area contributed by atoms with Gasteiger partial charge in [0.05, 0.1) is 0 Å². The summed E-state index contributed by atoms with van der Waals surface area (Å²) in [5.74, 6) is 1.73. The minimum atomic E-state index is 0.337. The average molecular weight is 446 g/mol. The largest absolute Gasteiger partial charge is 0.454 e. The van der Waals surface area contributed by atoms with Gasteiger partial charge in [0.25, 0.3) is 0 Å². The number of fused-ring (bicyclic) bond motifs is 1. The molecule has 2 aliphatic heterocycles. The first-order chi connectivity index (χ1) is 15.2. The molecule has 2 aromatic carbocycles. The van der Waals surface area contributed by atoms with Gasteiger partial charge in [-0.25, -0.2) is 4.31 Å². The highest BCUT2D eigenvalue weighted by Crippen LogP contribution is 2.33. The van der Waals surface area contributed by atoms with Crippen LogP contribution < -0.4 is 14.8 Å². The Bertz CT molecular complexity index is 803. The number of aliphatic hydroxyl groups excluding tert-OH is 1. The van der Waals surface area contributed by atoms with Crippen LogP contribution in [0.4, 0.5) is 5.69 Å². The molecule has 4 rings (SSSR count). The van der Waals surface area contributed by atoms with E-state index < -0.39 is 0 Å². The number of nitrogens with zero attached hydrogens (tertiary/aromatic N) is 2. The van der Waals surface area contributed by atoms with Crippen LogP contribution in [0.15, 0.2) is 60.0 Å². The van der Waals surface area contributed by atoms with Crippen molar-refractivity contribution in [3.8, 4) is 11.5 Å². The zero-order valence-electron chi connectivity index (χ0n) is 18.1. The van der Waals surface area contributed by atoms with E-state index >= 15 is 0 Å². The Morgan fingerprint density at radius 3 is 2.32 bits per heavy atom. The number of hydrogen-bond donors (Lipinski definition) is 2. The summed E-state index contributed by atoms with van der Waals surface area (Å²) < 4.78 is 13.3. The van der Waals surface area contributed by atoms with Gasteiger partial charge in [-0.05, 0) is 60.0 Å². The molecule has 8 heteroatoms. The molecule has 0 atom stereocenters.